The minimum absolute atomic E-state index is 0.323. The Balaban J connectivity index is 1.48. The Morgan fingerprint density at radius 2 is 1.26 bits per heavy atom. The molecule has 2 aliphatic carbocycles. The second-order valence-electron chi connectivity index (χ2n) is 7.76. The molecule has 128 valence electrons. The summed E-state index contributed by atoms with van der Waals surface area (Å²) in [5, 5.41) is 0. The fraction of sp³-hybridized carbons (Fsp3) is 0.727. The molecule has 0 atom stereocenters. The highest BCUT2D eigenvalue weighted by molar-refractivity contribution is 7.59. The van der Waals surface area contributed by atoms with Crippen LogP contribution in [-0.2, 0) is 6.42 Å². The Kier molecular flexibility index (Phi) is 7.47. The molecule has 23 heavy (non-hydrogen) atoms. The van der Waals surface area contributed by atoms with Gasteiger partial charge in [-0.1, -0.05) is 68.9 Å². The van der Waals surface area contributed by atoms with Crippen LogP contribution in [0, 0.1) is 0 Å². The van der Waals surface area contributed by atoms with Crippen LogP contribution in [0.5, 0.6) is 0 Å². The number of hydrogen-bond donors (Lipinski definition) is 0. The second-order valence-corrected chi connectivity index (χ2v) is 10.7. The predicted molar refractivity (Wildman–Crippen MR) is 105 cm³/mol. The zero-order valence-corrected chi connectivity index (χ0v) is 15.8. The highest BCUT2D eigenvalue weighted by Gasteiger charge is 2.30. The van der Waals surface area contributed by atoms with E-state index in [1.807, 2.05) is 0 Å². The van der Waals surface area contributed by atoms with Crippen LogP contribution in [0.3, 0.4) is 0 Å². The summed E-state index contributed by atoms with van der Waals surface area (Å²) in [5.74, 6) is 0. The number of rotatable bonds is 7. The van der Waals surface area contributed by atoms with Gasteiger partial charge in [0.1, 0.15) is 0 Å². The lowest BCUT2D eigenvalue weighted by Crippen LogP contribution is -2.22. The molecule has 1 aromatic carbocycles. The third-order valence-corrected chi connectivity index (χ3v) is 9.80. The summed E-state index contributed by atoms with van der Waals surface area (Å²) in [7, 11) is 0.323. The lowest BCUT2D eigenvalue weighted by Gasteiger charge is -2.38. The predicted octanol–water partition coefficient (Wildman–Crippen LogP) is 7.16. The van der Waals surface area contributed by atoms with Crippen LogP contribution >= 0.6 is 7.92 Å². The molecule has 0 saturated heterocycles. The van der Waals surface area contributed by atoms with Crippen molar-refractivity contribution in [3.63, 3.8) is 0 Å². The van der Waals surface area contributed by atoms with Gasteiger partial charge < -0.3 is 0 Å². The van der Waals surface area contributed by atoms with Crippen molar-refractivity contribution in [2.75, 3.05) is 6.16 Å². The van der Waals surface area contributed by atoms with E-state index in [-0.39, 0.29) is 0 Å². The lowest BCUT2D eigenvalue weighted by molar-refractivity contribution is 0.483. The van der Waals surface area contributed by atoms with Gasteiger partial charge in [-0.05, 0) is 68.0 Å². The fourth-order valence-corrected chi connectivity index (χ4v) is 8.73. The Bertz CT molecular complexity index is 397. The summed E-state index contributed by atoms with van der Waals surface area (Å²) in [6.07, 6.45) is 21.2. The van der Waals surface area contributed by atoms with Gasteiger partial charge in [-0.2, -0.15) is 0 Å². The van der Waals surface area contributed by atoms with E-state index in [9.17, 15) is 0 Å². The first-order valence-corrected chi connectivity index (χ1v) is 11.9. The van der Waals surface area contributed by atoms with E-state index in [1.54, 1.807) is 31.8 Å². The first kappa shape index (κ1) is 17.5. The normalized spacial score (nSPS) is 20.9. The standard InChI is InChI=1S/C22H35P/c1-4-12-20(13-5-1)14-10-11-19-23(21-15-6-2-7-16-21)22-17-8-3-9-18-22/h1,4-5,12-13,21-22H,2-3,6-11,14-19H2. The summed E-state index contributed by atoms with van der Waals surface area (Å²) in [6.45, 7) is 0. The summed E-state index contributed by atoms with van der Waals surface area (Å²) in [4.78, 5) is 0. The Morgan fingerprint density at radius 3 is 1.83 bits per heavy atom. The van der Waals surface area contributed by atoms with Crippen molar-refractivity contribution in [3.05, 3.63) is 35.9 Å². The molecule has 0 amide bonds. The van der Waals surface area contributed by atoms with Crippen molar-refractivity contribution in [2.45, 2.75) is 94.8 Å². The van der Waals surface area contributed by atoms with Crippen LogP contribution in [0.1, 0.15) is 82.6 Å². The maximum atomic E-state index is 2.30. The van der Waals surface area contributed by atoms with Gasteiger partial charge in [0.05, 0.1) is 0 Å². The first-order valence-electron chi connectivity index (χ1n) is 10.2. The van der Waals surface area contributed by atoms with Gasteiger partial charge in [-0.3, -0.25) is 0 Å². The van der Waals surface area contributed by atoms with Crippen molar-refractivity contribution in [2.24, 2.45) is 0 Å². The number of benzene rings is 1. The molecule has 0 unspecified atom stereocenters. The molecule has 3 rings (SSSR count). The quantitative estimate of drug-likeness (QED) is 0.367. The second kappa shape index (κ2) is 9.83. The van der Waals surface area contributed by atoms with Crippen LogP contribution in [0.15, 0.2) is 30.3 Å². The van der Waals surface area contributed by atoms with Gasteiger partial charge in [0.2, 0.25) is 0 Å². The maximum absolute atomic E-state index is 2.30. The van der Waals surface area contributed by atoms with Gasteiger partial charge in [0.25, 0.3) is 0 Å². The summed E-state index contributed by atoms with van der Waals surface area (Å²) < 4.78 is 0. The number of unbranched alkanes of at least 4 members (excludes halogenated alkanes) is 1. The Hall–Kier alpha value is -0.350. The van der Waals surface area contributed by atoms with Crippen LogP contribution in [-0.4, -0.2) is 17.5 Å². The molecule has 0 aromatic heterocycles. The van der Waals surface area contributed by atoms with Crippen molar-refractivity contribution >= 4 is 7.92 Å². The van der Waals surface area contributed by atoms with E-state index < -0.39 is 0 Å². The van der Waals surface area contributed by atoms with E-state index >= 15 is 0 Å². The molecule has 0 nitrogen and oxygen atoms in total. The zero-order chi connectivity index (χ0) is 15.7. The average Bonchev–Trinajstić information content (AvgIpc) is 2.64. The highest BCUT2D eigenvalue weighted by atomic mass is 31.1. The van der Waals surface area contributed by atoms with Crippen LogP contribution in [0.4, 0.5) is 0 Å². The fourth-order valence-electron chi connectivity index (χ4n) is 4.76. The lowest BCUT2D eigenvalue weighted by atomic mass is 9.99. The molecule has 0 N–H and O–H groups in total. The van der Waals surface area contributed by atoms with Crippen molar-refractivity contribution in [1.82, 2.24) is 0 Å². The van der Waals surface area contributed by atoms with E-state index in [0.29, 0.717) is 7.92 Å². The molecule has 2 saturated carbocycles. The smallest absolute Gasteiger partial charge is 0.0207 e. The van der Waals surface area contributed by atoms with Crippen molar-refractivity contribution in [3.8, 4) is 0 Å². The molecule has 0 aliphatic heterocycles. The third-order valence-electron chi connectivity index (χ3n) is 6.06. The van der Waals surface area contributed by atoms with Gasteiger partial charge in [0, 0.05) is 0 Å². The zero-order valence-electron chi connectivity index (χ0n) is 14.9. The van der Waals surface area contributed by atoms with Gasteiger partial charge in [-0.15, -0.1) is 7.92 Å². The van der Waals surface area contributed by atoms with E-state index in [4.69, 9.17) is 0 Å². The van der Waals surface area contributed by atoms with Crippen LogP contribution in [0.25, 0.3) is 0 Å². The summed E-state index contributed by atoms with van der Waals surface area (Å²) in [5.41, 5.74) is 3.81. The minimum Gasteiger partial charge on any atom is -0.100 e. The van der Waals surface area contributed by atoms with Gasteiger partial charge in [0.15, 0.2) is 0 Å². The van der Waals surface area contributed by atoms with E-state index in [0.717, 1.165) is 11.3 Å². The monoisotopic (exact) mass is 330 g/mol. The SMILES string of the molecule is c1ccc(CCCCP(C2CCCCC2)C2CCCCC2)cc1. The first-order chi connectivity index (χ1) is 11.4. The number of aryl methyl sites for hydroxylation is 1. The van der Waals surface area contributed by atoms with E-state index in [2.05, 4.69) is 30.3 Å². The van der Waals surface area contributed by atoms with Gasteiger partial charge >= 0.3 is 0 Å². The largest absolute Gasteiger partial charge is 0.100 e. The van der Waals surface area contributed by atoms with E-state index in [1.165, 1.54) is 63.4 Å². The molecule has 0 heterocycles. The third kappa shape index (κ3) is 5.60. The Labute approximate surface area is 145 Å². The van der Waals surface area contributed by atoms with Crippen molar-refractivity contribution < 1.29 is 0 Å². The Morgan fingerprint density at radius 1 is 0.696 bits per heavy atom. The molecule has 1 aromatic rings. The topological polar surface area (TPSA) is 0 Å². The molecular formula is C22H35P. The summed E-state index contributed by atoms with van der Waals surface area (Å²) in [6, 6.07) is 11.1. The molecule has 2 aliphatic rings. The number of hydrogen-bond acceptors (Lipinski definition) is 0. The maximum Gasteiger partial charge on any atom is -0.0207 e. The van der Waals surface area contributed by atoms with Crippen LogP contribution < -0.4 is 0 Å². The minimum atomic E-state index is 0.323. The molecule has 0 radical (unpaired) electrons. The van der Waals surface area contributed by atoms with Gasteiger partial charge in [-0.25, -0.2) is 0 Å². The molecule has 0 bridgehead atoms. The highest BCUT2D eigenvalue weighted by Crippen LogP contribution is 2.56. The molecule has 2 fully saturated rings. The average molecular weight is 330 g/mol. The molecular weight excluding hydrogens is 295 g/mol. The molecule has 0 spiro atoms. The molecule has 1 heteroatoms. The van der Waals surface area contributed by atoms with Crippen LogP contribution in [0.2, 0.25) is 0 Å². The van der Waals surface area contributed by atoms with Crippen molar-refractivity contribution in [1.29, 1.82) is 0 Å². The summed E-state index contributed by atoms with van der Waals surface area (Å²) >= 11 is 0.